The van der Waals surface area contributed by atoms with Crippen molar-refractivity contribution >= 4 is 122 Å². The zero-order chi connectivity index (χ0) is 16.1. The third kappa shape index (κ3) is 0.636. The third-order valence-corrected chi connectivity index (χ3v) is 15.3. The van der Waals surface area contributed by atoms with Crippen molar-refractivity contribution in [1.29, 1.82) is 0 Å². The molecule has 0 aromatic rings. The van der Waals surface area contributed by atoms with Gasteiger partial charge in [0.15, 0.2) is 19.9 Å². The maximum absolute atomic E-state index is 12.8. The molecule has 0 aliphatic heterocycles. The fourth-order valence-electron chi connectivity index (χ4n) is 5.64. The van der Waals surface area contributed by atoms with E-state index < -0.39 is 49.1 Å². The first-order valence-corrected chi connectivity index (χ1v) is 9.37. The SMILES string of the molecule is O=C1C2(Cl)C3(Cl)C4(Cl)C(Cl)(Cl)C5(Cl)[C@]3(Cl)C1(Cl)[C@@]5(Cl)C24Cl. The number of ketones is 1. The second kappa shape index (κ2) is 2.96. The van der Waals surface area contributed by atoms with Gasteiger partial charge in [0.1, 0.15) is 29.2 Å². The predicted molar refractivity (Wildman–Crippen MR) is 88.1 cm³/mol. The highest BCUT2D eigenvalue weighted by molar-refractivity contribution is 6.83. The Kier molecular flexibility index (Phi) is 2.23. The number of alkyl halides is 10. The van der Waals surface area contributed by atoms with Gasteiger partial charge in [-0.3, -0.25) is 4.79 Å². The molecule has 6 rings (SSSR count). The van der Waals surface area contributed by atoms with Gasteiger partial charge < -0.3 is 0 Å². The van der Waals surface area contributed by atoms with Crippen LogP contribution in [0.4, 0.5) is 0 Å². The second-order valence-electron chi connectivity index (χ2n) is 6.17. The first-order valence-electron chi connectivity index (χ1n) is 5.59. The Morgan fingerprint density at radius 2 is 0.714 bits per heavy atom. The van der Waals surface area contributed by atoms with Gasteiger partial charge in [0.2, 0.25) is 0 Å². The van der Waals surface area contributed by atoms with Gasteiger partial charge in [-0.25, -0.2) is 0 Å². The van der Waals surface area contributed by atoms with Gasteiger partial charge in [0, 0.05) is 0 Å². The quantitative estimate of drug-likeness (QED) is 0.453. The fourth-order valence-corrected chi connectivity index (χ4v) is 14.0. The monoisotopic (exact) mass is 486 g/mol. The molecular formula is C10Cl10O. The van der Waals surface area contributed by atoms with Crippen LogP contribution in [0, 0.1) is 0 Å². The average molecular weight is 491 g/mol. The van der Waals surface area contributed by atoms with Crippen molar-refractivity contribution in [2.24, 2.45) is 0 Å². The number of halogens is 10. The lowest BCUT2D eigenvalue weighted by molar-refractivity contribution is -0.122. The van der Waals surface area contributed by atoms with E-state index in [0.717, 1.165) is 0 Å². The summed E-state index contributed by atoms with van der Waals surface area (Å²) in [5.74, 6) is -0.690. The summed E-state index contributed by atoms with van der Waals surface area (Å²) in [6.45, 7) is 0. The summed E-state index contributed by atoms with van der Waals surface area (Å²) in [5, 5.41) is 0. The molecule has 0 heterocycles. The number of rotatable bonds is 0. The van der Waals surface area contributed by atoms with E-state index in [1.54, 1.807) is 0 Å². The molecule has 0 saturated heterocycles. The van der Waals surface area contributed by atoms with Crippen LogP contribution in [-0.4, -0.2) is 49.1 Å². The summed E-state index contributed by atoms with van der Waals surface area (Å²) in [6.07, 6.45) is 0. The molecular weight excluding hydrogens is 491 g/mol. The lowest BCUT2D eigenvalue weighted by Gasteiger charge is -2.80. The number of hydrogen-bond acceptors (Lipinski definition) is 1. The highest BCUT2D eigenvalue weighted by Crippen LogP contribution is 3.09. The van der Waals surface area contributed by atoms with E-state index in [1.165, 1.54) is 0 Å². The van der Waals surface area contributed by atoms with E-state index >= 15 is 0 Å². The summed E-state index contributed by atoms with van der Waals surface area (Å²) in [4.78, 5) is -2.01. The molecule has 116 valence electrons. The molecule has 6 saturated carbocycles. The van der Waals surface area contributed by atoms with Gasteiger partial charge in [-0.05, 0) is 0 Å². The summed E-state index contributed by atoms with van der Waals surface area (Å²) in [6, 6.07) is 0. The zero-order valence-corrected chi connectivity index (χ0v) is 16.7. The molecule has 21 heavy (non-hydrogen) atoms. The fraction of sp³-hybridized carbons (Fsp3) is 0.900. The molecule has 0 N–H and O–H groups in total. The van der Waals surface area contributed by atoms with Gasteiger partial charge >= 0.3 is 0 Å². The van der Waals surface area contributed by atoms with Crippen LogP contribution in [0.1, 0.15) is 0 Å². The standard InChI is InChI=1S/C10Cl10O/c11-2-1(21)3(12)6(15)4(2,13)8(17)5(2,14)7(3,16)9(6,18)10(8,19)20/t2?,3?,4-,5+,6?,7?,8?,9?. The lowest BCUT2D eigenvalue weighted by atomic mass is 9.41. The third-order valence-electron chi connectivity index (χ3n) is 6.24. The largest absolute Gasteiger partial charge is 0.295 e. The molecule has 4 bridgehead atoms. The van der Waals surface area contributed by atoms with Crippen molar-refractivity contribution in [2.45, 2.75) is 43.3 Å². The summed E-state index contributed by atoms with van der Waals surface area (Å²) >= 11 is 65.7. The van der Waals surface area contributed by atoms with Gasteiger partial charge in [-0.2, -0.15) is 0 Å². The van der Waals surface area contributed by atoms with Crippen LogP contribution in [0.15, 0.2) is 0 Å². The predicted octanol–water partition coefficient (Wildman–Crippen LogP) is 4.62. The van der Waals surface area contributed by atoms with Crippen molar-refractivity contribution in [3.05, 3.63) is 0 Å². The maximum Gasteiger partial charge on any atom is 0.182 e. The van der Waals surface area contributed by atoms with Gasteiger partial charge in [0.25, 0.3) is 0 Å². The van der Waals surface area contributed by atoms with E-state index in [4.69, 9.17) is 116 Å². The maximum atomic E-state index is 12.8. The Balaban J connectivity index is 2.08. The summed E-state index contributed by atoms with van der Waals surface area (Å²) in [7, 11) is 0. The van der Waals surface area contributed by atoms with E-state index in [2.05, 4.69) is 0 Å². The molecule has 6 unspecified atom stereocenters. The zero-order valence-electron chi connectivity index (χ0n) is 9.19. The van der Waals surface area contributed by atoms with Crippen LogP contribution in [0.2, 0.25) is 0 Å². The molecule has 11 heteroatoms. The first-order chi connectivity index (χ1) is 9.15. The highest BCUT2D eigenvalue weighted by atomic mass is 35.5. The minimum atomic E-state index is -1.94. The van der Waals surface area contributed by atoms with Crippen LogP contribution in [0.25, 0.3) is 0 Å². The molecule has 1 nitrogen and oxygen atoms in total. The van der Waals surface area contributed by atoms with Gasteiger partial charge in [-0.15, -0.1) is 92.8 Å². The van der Waals surface area contributed by atoms with Gasteiger partial charge in [0.05, 0.1) is 0 Å². The number of Topliss-reactive ketones (excluding diaryl/α,β-unsaturated/α-hetero) is 1. The van der Waals surface area contributed by atoms with Crippen LogP contribution < -0.4 is 0 Å². The smallest absolute Gasteiger partial charge is 0.182 e. The minimum Gasteiger partial charge on any atom is -0.295 e. The van der Waals surface area contributed by atoms with Crippen LogP contribution in [0.5, 0.6) is 0 Å². The Hall–Kier alpha value is 2.57. The van der Waals surface area contributed by atoms with E-state index in [0.29, 0.717) is 0 Å². The van der Waals surface area contributed by atoms with E-state index in [9.17, 15) is 4.79 Å². The molecule has 6 aliphatic carbocycles. The Morgan fingerprint density at radius 1 is 0.476 bits per heavy atom. The lowest BCUT2D eigenvalue weighted by Crippen LogP contribution is -3.03. The van der Waals surface area contributed by atoms with Crippen molar-refractivity contribution in [3.63, 3.8) is 0 Å². The number of hydrogen-bond donors (Lipinski definition) is 0. The molecule has 6 aliphatic rings. The molecule has 0 aromatic heterocycles. The second-order valence-corrected chi connectivity index (χ2v) is 12.0. The number of carbonyl (C=O) groups is 1. The summed E-state index contributed by atoms with van der Waals surface area (Å²) in [5.41, 5.74) is 0. The van der Waals surface area contributed by atoms with Crippen molar-refractivity contribution < 1.29 is 4.79 Å². The van der Waals surface area contributed by atoms with Gasteiger partial charge in [-0.1, -0.05) is 23.2 Å². The minimum absolute atomic E-state index is 0.690. The van der Waals surface area contributed by atoms with E-state index in [-0.39, 0.29) is 0 Å². The molecule has 0 aromatic carbocycles. The van der Waals surface area contributed by atoms with Crippen molar-refractivity contribution in [3.8, 4) is 0 Å². The normalized spacial score (nSPS) is 81.0. The van der Waals surface area contributed by atoms with Crippen LogP contribution in [0.3, 0.4) is 0 Å². The van der Waals surface area contributed by atoms with E-state index in [1.807, 2.05) is 0 Å². The van der Waals surface area contributed by atoms with Crippen LogP contribution in [-0.2, 0) is 4.79 Å². The molecule has 8 atom stereocenters. The van der Waals surface area contributed by atoms with Crippen molar-refractivity contribution in [1.82, 2.24) is 0 Å². The molecule has 6 fully saturated rings. The van der Waals surface area contributed by atoms with Crippen molar-refractivity contribution in [2.75, 3.05) is 0 Å². The van der Waals surface area contributed by atoms with Crippen LogP contribution >= 0.6 is 116 Å². The molecule has 0 spiro atoms. The topological polar surface area (TPSA) is 17.1 Å². The summed E-state index contributed by atoms with van der Waals surface area (Å²) < 4.78 is -1.94. The Bertz CT molecular complexity index is 631. The molecule has 0 radical (unpaired) electrons. The molecule has 0 amide bonds. The first kappa shape index (κ1) is 15.8. The number of carbonyl (C=O) groups excluding carboxylic acids is 1. The Morgan fingerprint density at radius 3 is 0.952 bits per heavy atom. The Labute approximate surface area is 168 Å². The highest BCUT2D eigenvalue weighted by Gasteiger charge is 3.30. The average Bonchev–Trinajstić information content (AvgIpc) is 2.64.